The number of hydrogen-bond acceptors (Lipinski definition) is 1. The molecule has 1 aliphatic heterocycles. The maximum Gasteiger partial charge on any atom is 0.0557 e. The van der Waals surface area contributed by atoms with E-state index in [1.165, 1.54) is 24.0 Å². The van der Waals surface area contributed by atoms with Gasteiger partial charge < -0.3 is 4.74 Å². The molecule has 1 nitrogen and oxygen atoms in total. The zero-order chi connectivity index (χ0) is 9.10. The molecule has 0 saturated carbocycles. The second kappa shape index (κ2) is 3.93. The molecule has 70 valence electrons. The SMILES string of the molecule is CCCc1cccc(C2COC2)c1. The molecule has 1 aliphatic rings. The lowest BCUT2D eigenvalue weighted by Gasteiger charge is -2.26. The monoisotopic (exact) mass is 176 g/mol. The van der Waals surface area contributed by atoms with Crippen LogP contribution in [0.25, 0.3) is 0 Å². The average Bonchev–Trinajstić information content (AvgIpc) is 2.02. The van der Waals surface area contributed by atoms with E-state index in [0.29, 0.717) is 5.92 Å². The fourth-order valence-corrected chi connectivity index (χ4v) is 1.72. The topological polar surface area (TPSA) is 9.23 Å². The van der Waals surface area contributed by atoms with Gasteiger partial charge in [0.05, 0.1) is 13.2 Å². The molecule has 0 atom stereocenters. The maximum atomic E-state index is 5.19. The van der Waals surface area contributed by atoms with Crippen LogP contribution in [-0.2, 0) is 11.2 Å². The van der Waals surface area contributed by atoms with Crippen LogP contribution in [0.5, 0.6) is 0 Å². The third-order valence-corrected chi connectivity index (χ3v) is 2.60. The molecule has 1 heterocycles. The van der Waals surface area contributed by atoms with Crippen LogP contribution in [0.15, 0.2) is 24.3 Å². The Morgan fingerprint density at radius 2 is 2.23 bits per heavy atom. The highest BCUT2D eigenvalue weighted by Gasteiger charge is 2.20. The van der Waals surface area contributed by atoms with E-state index in [4.69, 9.17) is 4.74 Å². The summed E-state index contributed by atoms with van der Waals surface area (Å²) < 4.78 is 5.19. The minimum atomic E-state index is 0.664. The molecule has 0 unspecified atom stereocenters. The third-order valence-electron chi connectivity index (χ3n) is 2.60. The van der Waals surface area contributed by atoms with Crippen molar-refractivity contribution < 1.29 is 4.74 Å². The molecule has 1 heteroatoms. The quantitative estimate of drug-likeness (QED) is 0.688. The lowest BCUT2D eigenvalue weighted by atomic mass is 9.95. The Balaban J connectivity index is 2.11. The van der Waals surface area contributed by atoms with Crippen LogP contribution >= 0.6 is 0 Å². The van der Waals surface area contributed by atoms with E-state index in [2.05, 4.69) is 31.2 Å². The summed E-state index contributed by atoms with van der Waals surface area (Å²) in [6.07, 6.45) is 2.42. The van der Waals surface area contributed by atoms with E-state index in [-0.39, 0.29) is 0 Å². The third kappa shape index (κ3) is 1.92. The molecule has 0 radical (unpaired) electrons. The van der Waals surface area contributed by atoms with Gasteiger partial charge in [-0.3, -0.25) is 0 Å². The summed E-state index contributed by atoms with van der Waals surface area (Å²) in [5.74, 6) is 0.664. The first-order valence-corrected chi connectivity index (χ1v) is 5.06. The fraction of sp³-hybridized carbons (Fsp3) is 0.500. The molecule has 0 aromatic heterocycles. The van der Waals surface area contributed by atoms with Gasteiger partial charge in [-0.05, 0) is 17.5 Å². The van der Waals surface area contributed by atoms with Crippen molar-refractivity contribution >= 4 is 0 Å². The zero-order valence-electron chi connectivity index (χ0n) is 8.12. The Labute approximate surface area is 79.7 Å². The highest BCUT2D eigenvalue weighted by molar-refractivity contribution is 5.27. The van der Waals surface area contributed by atoms with Crippen molar-refractivity contribution in [3.05, 3.63) is 35.4 Å². The molecule has 1 saturated heterocycles. The number of benzene rings is 1. The van der Waals surface area contributed by atoms with E-state index >= 15 is 0 Å². The molecular weight excluding hydrogens is 160 g/mol. The molecule has 13 heavy (non-hydrogen) atoms. The summed E-state index contributed by atoms with van der Waals surface area (Å²) in [4.78, 5) is 0. The van der Waals surface area contributed by atoms with Crippen LogP contribution in [0, 0.1) is 0 Å². The molecule has 0 bridgehead atoms. The fourth-order valence-electron chi connectivity index (χ4n) is 1.72. The first-order chi connectivity index (χ1) is 6.40. The Morgan fingerprint density at radius 1 is 1.38 bits per heavy atom. The van der Waals surface area contributed by atoms with Crippen LogP contribution in [-0.4, -0.2) is 13.2 Å². The summed E-state index contributed by atoms with van der Waals surface area (Å²) >= 11 is 0. The van der Waals surface area contributed by atoms with Gasteiger partial charge >= 0.3 is 0 Å². The summed E-state index contributed by atoms with van der Waals surface area (Å²) in [7, 11) is 0. The van der Waals surface area contributed by atoms with E-state index in [9.17, 15) is 0 Å². The number of aryl methyl sites for hydroxylation is 1. The summed E-state index contributed by atoms with van der Waals surface area (Å²) in [6, 6.07) is 8.92. The van der Waals surface area contributed by atoms with Crippen LogP contribution < -0.4 is 0 Å². The second-order valence-electron chi connectivity index (χ2n) is 3.73. The van der Waals surface area contributed by atoms with E-state index in [1.54, 1.807) is 0 Å². The van der Waals surface area contributed by atoms with Crippen molar-refractivity contribution in [1.29, 1.82) is 0 Å². The molecule has 2 rings (SSSR count). The minimum Gasteiger partial charge on any atom is -0.380 e. The summed E-state index contributed by atoms with van der Waals surface area (Å²) in [5.41, 5.74) is 2.92. The van der Waals surface area contributed by atoms with Gasteiger partial charge in [-0.15, -0.1) is 0 Å². The van der Waals surface area contributed by atoms with Gasteiger partial charge in [0, 0.05) is 5.92 Å². The predicted molar refractivity (Wildman–Crippen MR) is 54.0 cm³/mol. The normalized spacial score (nSPS) is 17.0. The molecule has 1 fully saturated rings. The molecule has 1 aromatic carbocycles. The molecule has 1 aromatic rings. The van der Waals surface area contributed by atoms with Crippen molar-refractivity contribution in [3.8, 4) is 0 Å². The Morgan fingerprint density at radius 3 is 2.85 bits per heavy atom. The number of rotatable bonds is 3. The van der Waals surface area contributed by atoms with Crippen molar-refractivity contribution in [3.63, 3.8) is 0 Å². The first kappa shape index (κ1) is 8.76. The van der Waals surface area contributed by atoms with E-state index in [1.807, 2.05) is 0 Å². The maximum absolute atomic E-state index is 5.19. The summed E-state index contributed by atoms with van der Waals surface area (Å²) in [6.45, 7) is 4.05. The van der Waals surface area contributed by atoms with Crippen molar-refractivity contribution in [1.82, 2.24) is 0 Å². The largest absolute Gasteiger partial charge is 0.380 e. The van der Waals surface area contributed by atoms with Gasteiger partial charge in [0.1, 0.15) is 0 Å². The standard InChI is InChI=1S/C12H16O/c1-2-4-10-5-3-6-11(7-10)12-8-13-9-12/h3,5-7,12H,2,4,8-9H2,1H3. The van der Waals surface area contributed by atoms with Crippen molar-refractivity contribution in [2.45, 2.75) is 25.7 Å². The first-order valence-electron chi connectivity index (χ1n) is 5.06. The second-order valence-corrected chi connectivity index (χ2v) is 3.73. The van der Waals surface area contributed by atoms with Crippen LogP contribution in [0.1, 0.15) is 30.4 Å². The number of ether oxygens (including phenoxy) is 1. The van der Waals surface area contributed by atoms with Crippen LogP contribution in [0.3, 0.4) is 0 Å². The summed E-state index contributed by atoms with van der Waals surface area (Å²) in [5, 5.41) is 0. The van der Waals surface area contributed by atoms with Gasteiger partial charge in [0.2, 0.25) is 0 Å². The Bertz CT molecular complexity index is 276. The highest BCUT2D eigenvalue weighted by atomic mass is 16.5. The smallest absolute Gasteiger partial charge is 0.0557 e. The highest BCUT2D eigenvalue weighted by Crippen LogP contribution is 2.24. The van der Waals surface area contributed by atoms with Gasteiger partial charge in [0.15, 0.2) is 0 Å². The molecule has 0 N–H and O–H groups in total. The molecule has 0 aliphatic carbocycles. The lowest BCUT2D eigenvalue weighted by molar-refractivity contribution is 0.00840. The van der Waals surface area contributed by atoms with Gasteiger partial charge in [-0.1, -0.05) is 37.6 Å². The Hall–Kier alpha value is -0.820. The zero-order valence-corrected chi connectivity index (χ0v) is 8.12. The van der Waals surface area contributed by atoms with Crippen molar-refractivity contribution in [2.75, 3.05) is 13.2 Å². The number of hydrogen-bond donors (Lipinski definition) is 0. The average molecular weight is 176 g/mol. The molecule has 0 spiro atoms. The predicted octanol–water partition coefficient (Wildman–Crippen LogP) is 2.75. The van der Waals surface area contributed by atoms with Crippen LogP contribution in [0.2, 0.25) is 0 Å². The van der Waals surface area contributed by atoms with Gasteiger partial charge in [0.25, 0.3) is 0 Å². The van der Waals surface area contributed by atoms with Gasteiger partial charge in [-0.25, -0.2) is 0 Å². The van der Waals surface area contributed by atoms with Gasteiger partial charge in [-0.2, -0.15) is 0 Å². The molecule has 0 amide bonds. The van der Waals surface area contributed by atoms with E-state index < -0.39 is 0 Å². The lowest BCUT2D eigenvalue weighted by Crippen LogP contribution is -2.25. The van der Waals surface area contributed by atoms with Crippen molar-refractivity contribution in [2.24, 2.45) is 0 Å². The van der Waals surface area contributed by atoms with Crippen LogP contribution in [0.4, 0.5) is 0 Å². The molecular formula is C12H16O. The van der Waals surface area contributed by atoms with E-state index in [0.717, 1.165) is 13.2 Å². The minimum absolute atomic E-state index is 0.664. The Kier molecular flexibility index (Phi) is 2.65.